The van der Waals surface area contributed by atoms with E-state index in [-0.39, 0.29) is 23.3 Å². The minimum absolute atomic E-state index is 0. The number of aryl methyl sites for hydroxylation is 1. The summed E-state index contributed by atoms with van der Waals surface area (Å²) in [6, 6.07) is 10.1. The second-order valence-electron chi connectivity index (χ2n) is 5.71. The summed E-state index contributed by atoms with van der Waals surface area (Å²) in [5.41, 5.74) is 1.90. The van der Waals surface area contributed by atoms with Crippen molar-refractivity contribution in [3.05, 3.63) is 59.4 Å². The molecule has 1 saturated heterocycles. The minimum atomic E-state index is -3.66. The van der Waals surface area contributed by atoms with Gasteiger partial charge in [-0.15, -0.1) is 12.4 Å². The number of hydrogen-bond donors (Lipinski definition) is 1. The van der Waals surface area contributed by atoms with Crippen molar-refractivity contribution in [3.63, 3.8) is 0 Å². The molecule has 0 amide bonds. The molecule has 1 fully saturated rings. The number of nitrogens with zero attached hydrogens (tertiary/aromatic N) is 3. The first-order valence-corrected chi connectivity index (χ1v) is 9.11. The van der Waals surface area contributed by atoms with Crippen molar-refractivity contribution in [1.29, 1.82) is 5.26 Å². The third kappa shape index (κ3) is 3.83. The van der Waals surface area contributed by atoms with Gasteiger partial charge in [0.2, 0.25) is 10.0 Å². The maximum atomic E-state index is 13.2. The van der Waals surface area contributed by atoms with Crippen molar-refractivity contribution >= 4 is 22.4 Å². The van der Waals surface area contributed by atoms with Gasteiger partial charge in [-0.3, -0.25) is 4.98 Å². The molecule has 0 aliphatic carbocycles. The molecule has 1 N–H and O–H groups in total. The van der Waals surface area contributed by atoms with E-state index >= 15 is 0 Å². The summed E-state index contributed by atoms with van der Waals surface area (Å²) in [6.45, 7) is 3.25. The third-order valence-corrected chi connectivity index (χ3v) is 6.22. The van der Waals surface area contributed by atoms with Gasteiger partial charge in [0.15, 0.2) is 0 Å². The molecule has 8 heteroatoms. The highest BCUT2D eigenvalue weighted by Gasteiger charge is 2.35. The van der Waals surface area contributed by atoms with Crippen molar-refractivity contribution < 1.29 is 8.42 Å². The molecule has 0 saturated carbocycles. The molecule has 0 bridgehead atoms. The zero-order chi connectivity index (χ0) is 17.2. The Kier molecular flexibility index (Phi) is 6.14. The molecule has 0 spiro atoms. The van der Waals surface area contributed by atoms with E-state index in [1.807, 2.05) is 18.2 Å². The van der Waals surface area contributed by atoms with Crippen molar-refractivity contribution in [2.24, 2.45) is 0 Å². The summed E-state index contributed by atoms with van der Waals surface area (Å²) in [7, 11) is -3.66. The average Bonchev–Trinajstić information content (AvgIpc) is 2.62. The summed E-state index contributed by atoms with van der Waals surface area (Å²) >= 11 is 0. The van der Waals surface area contributed by atoms with Gasteiger partial charge in [-0.1, -0.05) is 6.07 Å². The number of halogens is 1. The first-order valence-electron chi connectivity index (χ1n) is 7.67. The van der Waals surface area contributed by atoms with Gasteiger partial charge in [0.05, 0.1) is 22.6 Å². The van der Waals surface area contributed by atoms with Crippen LogP contribution in [0.3, 0.4) is 0 Å². The molecule has 3 rings (SSSR count). The fourth-order valence-electron chi connectivity index (χ4n) is 2.97. The number of piperazine rings is 1. The Morgan fingerprint density at radius 3 is 2.80 bits per heavy atom. The summed E-state index contributed by atoms with van der Waals surface area (Å²) in [6.07, 6.45) is 3.37. The molecule has 1 unspecified atom stereocenters. The van der Waals surface area contributed by atoms with E-state index in [1.165, 1.54) is 10.4 Å². The molecule has 6 nitrogen and oxygen atoms in total. The Hall–Kier alpha value is -1.98. The van der Waals surface area contributed by atoms with Gasteiger partial charge in [0.25, 0.3) is 0 Å². The Balaban J connectivity index is 0.00000225. The molecule has 132 valence electrons. The molecule has 25 heavy (non-hydrogen) atoms. The van der Waals surface area contributed by atoms with Crippen LogP contribution in [-0.2, 0) is 10.0 Å². The Morgan fingerprint density at radius 2 is 2.16 bits per heavy atom. The monoisotopic (exact) mass is 378 g/mol. The highest BCUT2D eigenvalue weighted by molar-refractivity contribution is 7.89. The maximum Gasteiger partial charge on any atom is 0.243 e. The average molecular weight is 379 g/mol. The summed E-state index contributed by atoms with van der Waals surface area (Å²) in [5, 5.41) is 12.2. The van der Waals surface area contributed by atoms with Crippen LogP contribution in [0.4, 0.5) is 0 Å². The van der Waals surface area contributed by atoms with E-state index in [9.17, 15) is 8.42 Å². The summed E-state index contributed by atoms with van der Waals surface area (Å²) in [5.74, 6) is 0. The van der Waals surface area contributed by atoms with E-state index in [1.54, 1.807) is 31.5 Å². The topological polar surface area (TPSA) is 86.1 Å². The van der Waals surface area contributed by atoms with Crippen molar-refractivity contribution in [2.75, 3.05) is 19.6 Å². The largest absolute Gasteiger partial charge is 0.313 e. The predicted molar refractivity (Wildman–Crippen MR) is 96.9 cm³/mol. The fraction of sp³-hybridized carbons (Fsp3) is 0.294. The van der Waals surface area contributed by atoms with Gasteiger partial charge in [-0.25, -0.2) is 8.42 Å². The van der Waals surface area contributed by atoms with Gasteiger partial charge < -0.3 is 5.32 Å². The van der Waals surface area contributed by atoms with Crippen LogP contribution >= 0.6 is 12.4 Å². The number of aromatic nitrogens is 1. The zero-order valence-electron chi connectivity index (χ0n) is 13.7. The number of nitriles is 1. The minimum Gasteiger partial charge on any atom is -0.313 e. The lowest BCUT2D eigenvalue weighted by atomic mass is 10.1. The predicted octanol–water partition coefficient (Wildman–Crippen LogP) is 2.02. The second-order valence-corrected chi connectivity index (χ2v) is 7.57. The van der Waals surface area contributed by atoms with Crippen molar-refractivity contribution in [2.45, 2.75) is 17.9 Å². The van der Waals surface area contributed by atoms with Gasteiger partial charge in [0, 0.05) is 32.0 Å². The van der Waals surface area contributed by atoms with E-state index in [0.717, 1.165) is 5.56 Å². The Morgan fingerprint density at radius 1 is 1.36 bits per heavy atom. The van der Waals surface area contributed by atoms with Crippen LogP contribution in [0.2, 0.25) is 0 Å². The van der Waals surface area contributed by atoms with Crippen molar-refractivity contribution in [3.8, 4) is 6.07 Å². The van der Waals surface area contributed by atoms with Gasteiger partial charge in [0.1, 0.15) is 0 Å². The SMILES string of the molecule is Cc1cc(C#N)ccc1S(=O)(=O)N1CCNCC1c1cccnc1.Cl. The van der Waals surface area contributed by atoms with Crippen LogP contribution in [0, 0.1) is 18.3 Å². The molecule has 1 aromatic heterocycles. The van der Waals surface area contributed by atoms with Gasteiger partial charge in [-0.05, 0) is 42.3 Å². The summed E-state index contributed by atoms with van der Waals surface area (Å²) < 4.78 is 27.9. The Bertz CT molecular complexity index is 881. The number of sulfonamides is 1. The molecule has 0 radical (unpaired) electrons. The van der Waals surface area contributed by atoms with Gasteiger partial charge >= 0.3 is 0 Å². The molecule has 1 aliphatic heterocycles. The molecule has 1 aliphatic rings. The number of nitrogens with one attached hydrogen (secondary N) is 1. The molecular weight excluding hydrogens is 360 g/mol. The molecular formula is C17H19ClN4O2S. The van der Waals surface area contributed by atoms with E-state index in [2.05, 4.69) is 10.3 Å². The van der Waals surface area contributed by atoms with Crippen LogP contribution in [0.1, 0.15) is 22.7 Å². The van der Waals surface area contributed by atoms with E-state index in [0.29, 0.717) is 30.8 Å². The second kappa shape index (κ2) is 7.93. The number of rotatable bonds is 3. The van der Waals surface area contributed by atoms with E-state index < -0.39 is 10.0 Å². The third-order valence-electron chi connectivity index (χ3n) is 4.15. The standard InChI is InChI=1S/C17H18N4O2S.ClH/c1-13-9-14(10-18)4-5-17(13)24(22,23)21-8-7-20-12-16(21)15-3-2-6-19-11-15;/h2-6,9,11,16,20H,7-8,12H2,1H3;1H. The van der Waals surface area contributed by atoms with Crippen LogP contribution in [0.25, 0.3) is 0 Å². The molecule has 2 heterocycles. The van der Waals surface area contributed by atoms with Crippen LogP contribution in [0.15, 0.2) is 47.6 Å². The van der Waals surface area contributed by atoms with Crippen LogP contribution in [0.5, 0.6) is 0 Å². The lowest BCUT2D eigenvalue weighted by Crippen LogP contribution is -2.48. The number of pyridine rings is 1. The van der Waals surface area contributed by atoms with Crippen molar-refractivity contribution in [1.82, 2.24) is 14.6 Å². The van der Waals surface area contributed by atoms with Gasteiger partial charge in [-0.2, -0.15) is 9.57 Å². The highest BCUT2D eigenvalue weighted by Crippen LogP contribution is 2.30. The fourth-order valence-corrected chi connectivity index (χ4v) is 4.79. The number of benzene rings is 1. The lowest BCUT2D eigenvalue weighted by Gasteiger charge is -2.35. The highest BCUT2D eigenvalue weighted by atomic mass is 35.5. The van der Waals surface area contributed by atoms with E-state index in [4.69, 9.17) is 5.26 Å². The maximum absolute atomic E-state index is 13.2. The van der Waals surface area contributed by atoms with Crippen LogP contribution < -0.4 is 5.32 Å². The van der Waals surface area contributed by atoms with Crippen LogP contribution in [-0.4, -0.2) is 37.3 Å². The quantitative estimate of drug-likeness (QED) is 0.883. The normalized spacial score (nSPS) is 18.2. The Labute approximate surface area is 154 Å². The smallest absolute Gasteiger partial charge is 0.243 e. The lowest BCUT2D eigenvalue weighted by molar-refractivity contribution is 0.271. The molecule has 1 aromatic carbocycles. The molecule has 2 aromatic rings. The first-order chi connectivity index (χ1) is 11.5. The zero-order valence-corrected chi connectivity index (χ0v) is 15.3. The summed E-state index contributed by atoms with van der Waals surface area (Å²) in [4.78, 5) is 4.35. The molecule has 1 atom stereocenters. The number of hydrogen-bond acceptors (Lipinski definition) is 5. The first kappa shape index (κ1) is 19.3.